The maximum Gasteiger partial charge on any atom is 0.279 e. The summed E-state index contributed by atoms with van der Waals surface area (Å²) in [4.78, 5) is 2.28. The molecule has 1 rings (SSSR count). The van der Waals surface area contributed by atoms with Crippen molar-refractivity contribution in [2.75, 3.05) is 46.9 Å². The van der Waals surface area contributed by atoms with Gasteiger partial charge < -0.3 is 4.74 Å². The number of nitrogens with zero attached hydrogens (tertiary/aromatic N) is 2. The molecular formula is C13H30ClN3O3S. The van der Waals surface area contributed by atoms with E-state index in [1.165, 1.54) is 4.31 Å². The van der Waals surface area contributed by atoms with E-state index < -0.39 is 10.2 Å². The van der Waals surface area contributed by atoms with E-state index in [-0.39, 0.29) is 18.4 Å². The highest BCUT2D eigenvalue weighted by atomic mass is 35.5. The van der Waals surface area contributed by atoms with Gasteiger partial charge in [-0.05, 0) is 12.3 Å². The van der Waals surface area contributed by atoms with Gasteiger partial charge in [-0.15, -0.1) is 12.4 Å². The Bertz CT molecular complexity index is 381. The van der Waals surface area contributed by atoms with Crippen molar-refractivity contribution in [1.29, 1.82) is 0 Å². The summed E-state index contributed by atoms with van der Waals surface area (Å²) in [5, 5.41) is 0. The molecule has 21 heavy (non-hydrogen) atoms. The third-order valence-electron chi connectivity index (χ3n) is 3.94. The van der Waals surface area contributed by atoms with Crippen LogP contribution >= 0.6 is 12.4 Å². The molecule has 0 aromatic rings. The van der Waals surface area contributed by atoms with Gasteiger partial charge in [-0.25, -0.2) is 0 Å². The SMILES string of the molecule is CCC[C@H]1CN(CCOC)C[C@@H]1NS(=O)(=O)N(C)CC.Cl. The lowest BCUT2D eigenvalue weighted by Gasteiger charge is -2.23. The third-order valence-corrected chi connectivity index (χ3v) is 5.62. The average molecular weight is 344 g/mol. The highest BCUT2D eigenvalue weighted by molar-refractivity contribution is 7.87. The van der Waals surface area contributed by atoms with Crippen LogP contribution in [0.1, 0.15) is 26.7 Å². The smallest absolute Gasteiger partial charge is 0.279 e. The summed E-state index contributed by atoms with van der Waals surface area (Å²) in [6.45, 7) is 7.72. The van der Waals surface area contributed by atoms with Gasteiger partial charge in [-0.2, -0.15) is 17.4 Å². The Kier molecular flexibility index (Phi) is 10.0. The van der Waals surface area contributed by atoms with Crippen LogP contribution in [0.3, 0.4) is 0 Å². The van der Waals surface area contributed by atoms with Crippen LogP contribution in [0, 0.1) is 5.92 Å². The van der Waals surface area contributed by atoms with Crippen molar-refractivity contribution in [3.8, 4) is 0 Å². The molecular weight excluding hydrogens is 314 g/mol. The summed E-state index contributed by atoms with van der Waals surface area (Å²) < 4.78 is 33.6. The molecule has 6 nitrogen and oxygen atoms in total. The standard InChI is InChI=1S/C13H29N3O3S.ClH/c1-5-7-12-10-16(8-9-19-4)11-13(12)14-20(17,18)15(3)6-2;/h12-14H,5-11H2,1-4H3;1H/t12-,13-;/m0./s1. The Labute approximate surface area is 135 Å². The molecule has 0 spiro atoms. The van der Waals surface area contributed by atoms with Crippen molar-refractivity contribution in [1.82, 2.24) is 13.9 Å². The second-order valence-electron chi connectivity index (χ2n) is 5.44. The fourth-order valence-corrected chi connectivity index (χ4v) is 3.78. The molecule has 1 heterocycles. The molecule has 0 aromatic carbocycles. The summed E-state index contributed by atoms with van der Waals surface area (Å²) in [6, 6.07) is 0.00538. The molecule has 0 amide bonds. The first-order chi connectivity index (χ1) is 9.44. The number of likely N-dealkylation sites (tertiary alicyclic amines) is 1. The van der Waals surface area contributed by atoms with Gasteiger partial charge in [0.2, 0.25) is 0 Å². The predicted octanol–water partition coefficient (Wildman–Crippen LogP) is 0.941. The number of hydrogen-bond acceptors (Lipinski definition) is 4. The Hall–Kier alpha value is 0.0800. The quantitative estimate of drug-likeness (QED) is 0.677. The van der Waals surface area contributed by atoms with Crippen LogP contribution in [0.4, 0.5) is 0 Å². The van der Waals surface area contributed by atoms with Gasteiger partial charge in [0.05, 0.1) is 6.61 Å². The number of rotatable bonds is 9. The highest BCUT2D eigenvalue weighted by Gasteiger charge is 2.35. The first kappa shape index (κ1) is 21.1. The van der Waals surface area contributed by atoms with Gasteiger partial charge in [0.25, 0.3) is 10.2 Å². The molecule has 8 heteroatoms. The van der Waals surface area contributed by atoms with E-state index in [2.05, 4.69) is 16.5 Å². The molecule has 1 aliphatic heterocycles. The van der Waals surface area contributed by atoms with Crippen LogP contribution in [0.25, 0.3) is 0 Å². The lowest BCUT2D eigenvalue weighted by Crippen LogP contribution is -2.47. The normalized spacial score (nSPS) is 23.5. The van der Waals surface area contributed by atoms with Gasteiger partial charge in [-0.1, -0.05) is 20.3 Å². The van der Waals surface area contributed by atoms with E-state index in [9.17, 15) is 8.42 Å². The van der Waals surface area contributed by atoms with Crippen LogP contribution in [-0.4, -0.2) is 70.6 Å². The predicted molar refractivity (Wildman–Crippen MR) is 88.1 cm³/mol. The van der Waals surface area contributed by atoms with E-state index in [0.29, 0.717) is 19.1 Å². The van der Waals surface area contributed by atoms with Crippen molar-refractivity contribution < 1.29 is 13.2 Å². The van der Waals surface area contributed by atoms with Crippen LogP contribution in [-0.2, 0) is 14.9 Å². The summed E-state index contributed by atoms with van der Waals surface area (Å²) in [5.74, 6) is 0.386. The van der Waals surface area contributed by atoms with Gasteiger partial charge in [0, 0.05) is 46.4 Å². The van der Waals surface area contributed by atoms with Crippen molar-refractivity contribution in [2.24, 2.45) is 5.92 Å². The zero-order valence-corrected chi connectivity index (χ0v) is 15.2. The minimum Gasteiger partial charge on any atom is -0.383 e. The van der Waals surface area contributed by atoms with Gasteiger partial charge in [-0.3, -0.25) is 4.90 Å². The van der Waals surface area contributed by atoms with E-state index >= 15 is 0 Å². The number of ether oxygens (including phenoxy) is 1. The third kappa shape index (κ3) is 6.38. The Morgan fingerprint density at radius 3 is 2.52 bits per heavy atom. The van der Waals surface area contributed by atoms with Gasteiger partial charge in [0.1, 0.15) is 0 Å². The van der Waals surface area contributed by atoms with Crippen LogP contribution in [0.2, 0.25) is 0 Å². The minimum absolute atomic E-state index is 0. The number of hydrogen-bond donors (Lipinski definition) is 1. The summed E-state index contributed by atoms with van der Waals surface area (Å²) >= 11 is 0. The van der Waals surface area contributed by atoms with Crippen molar-refractivity contribution in [2.45, 2.75) is 32.7 Å². The molecule has 0 aromatic heterocycles. The molecule has 0 unspecified atom stereocenters. The van der Waals surface area contributed by atoms with Gasteiger partial charge in [0.15, 0.2) is 0 Å². The monoisotopic (exact) mass is 343 g/mol. The Morgan fingerprint density at radius 2 is 2.00 bits per heavy atom. The zero-order valence-electron chi connectivity index (χ0n) is 13.5. The van der Waals surface area contributed by atoms with Crippen LogP contribution in [0.5, 0.6) is 0 Å². The van der Waals surface area contributed by atoms with E-state index in [0.717, 1.165) is 32.5 Å². The number of halogens is 1. The molecule has 0 bridgehead atoms. The molecule has 1 saturated heterocycles. The van der Waals surface area contributed by atoms with Crippen LogP contribution in [0.15, 0.2) is 0 Å². The first-order valence-electron chi connectivity index (χ1n) is 7.39. The summed E-state index contributed by atoms with van der Waals surface area (Å²) in [6.07, 6.45) is 2.12. The lowest BCUT2D eigenvalue weighted by atomic mass is 9.99. The molecule has 2 atom stereocenters. The molecule has 1 aliphatic rings. The average Bonchev–Trinajstić information content (AvgIpc) is 2.77. The first-order valence-corrected chi connectivity index (χ1v) is 8.83. The fraction of sp³-hybridized carbons (Fsp3) is 1.00. The topological polar surface area (TPSA) is 61.9 Å². The van der Waals surface area contributed by atoms with Crippen molar-refractivity contribution in [3.63, 3.8) is 0 Å². The second kappa shape index (κ2) is 9.97. The van der Waals surface area contributed by atoms with E-state index in [1.54, 1.807) is 14.2 Å². The molecule has 1 fully saturated rings. The maximum absolute atomic E-state index is 12.2. The van der Waals surface area contributed by atoms with E-state index in [1.807, 2.05) is 6.92 Å². The summed E-state index contributed by atoms with van der Waals surface area (Å²) in [7, 11) is -0.0671. The minimum atomic E-state index is -3.36. The molecule has 0 saturated carbocycles. The molecule has 0 radical (unpaired) electrons. The molecule has 128 valence electrons. The van der Waals surface area contributed by atoms with Crippen molar-refractivity contribution >= 4 is 22.6 Å². The van der Waals surface area contributed by atoms with E-state index in [4.69, 9.17) is 4.74 Å². The summed E-state index contributed by atoms with van der Waals surface area (Å²) in [5.41, 5.74) is 0. The lowest BCUT2D eigenvalue weighted by molar-refractivity contribution is 0.158. The number of methoxy groups -OCH3 is 1. The molecule has 0 aliphatic carbocycles. The molecule has 1 N–H and O–H groups in total. The Balaban J connectivity index is 0.00000400. The van der Waals surface area contributed by atoms with Crippen molar-refractivity contribution in [3.05, 3.63) is 0 Å². The fourth-order valence-electron chi connectivity index (χ4n) is 2.61. The highest BCUT2D eigenvalue weighted by Crippen LogP contribution is 2.22. The second-order valence-corrected chi connectivity index (χ2v) is 7.25. The zero-order chi connectivity index (χ0) is 15.2. The Morgan fingerprint density at radius 1 is 1.33 bits per heavy atom. The number of nitrogens with one attached hydrogen (secondary N) is 1. The van der Waals surface area contributed by atoms with Crippen LogP contribution < -0.4 is 4.72 Å². The maximum atomic E-state index is 12.2. The van der Waals surface area contributed by atoms with Gasteiger partial charge >= 0.3 is 0 Å². The largest absolute Gasteiger partial charge is 0.383 e.